The number of halogens is 6. The van der Waals surface area contributed by atoms with E-state index in [-0.39, 0.29) is 0 Å². The molecule has 0 amide bonds. The minimum Gasteiger partial charge on any atom is -0.508 e. The number of phenolic OH excluding ortho intramolecular Hbond substituents is 1. The molecule has 0 heterocycles. The molecule has 0 aliphatic carbocycles. The molecule has 0 bridgehead atoms. The standard InChI is InChI=1S/C10H14O.C2Cl6/c1-7(2)9-5-4-8(3)6-10(9)11;3-1(4,5)2(6,7)8/h4-7,11H,1-3H3;. The maximum absolute atomic E-state index is 9.46. The highest BCUT2D eigenvalue weighted by Crippen LogP contribution is 2.48. The van der Waals surface area contributed by atoms with E-state index in [0.717, 1.165) is 11.1 Å². The second kappa shape index (κ2) is 7.68. The summed E-state index contributed by atoms with van der Waals surface area (Å²) in [6, 6.07) is 5.81. The van der Waals surface area contributed by atoms with Crippen molar-refractivity contribution in [3.8, 4) is 5.75 Å². The Hall–Kier alpha value is 0.760. The molecule has 0 unspecified atom stereocenters. The fraction of sp³-hybridized carbons (Fsp3) is 0.500. The zero-order valence-corrected chi connectivity index (χ0v) is 15.1. The van der Waals surface area contributed by atoms with Gasteiger partial charge in [-0.25, -0.2) is 0 Å². The van der Waals surface area contributed by atoms with Gasteiger partial charge in [-0.05, 0) is 30.0 Å². The molecule has 0 aromatic heterocycles. The summed E-state index contributed by atoms with van der Waals surface area (Å²) < 4.78 is -3.70. The first-order valence-electron chi connectivity index (χ1n) is 5.29. The van der Waals surface area contributed by atoms with Crippen LogP contribution in [0.3, 0.4) is 0 Å². The summed E-state index contributed by atoms with van der Waals surface area (Å²) in [5, 5.41) is 9.46. The number of aromatic hydroxyl groups is 1. The van der Waals surface area contributed by atoms with Crippen molar-refractivity contribution in [3.63, 3.8) is 0 Å². The van der Waals surface area contributed by atoms with Crippen LogP contribution in [0.4, 0.5) is 0 Å². The molecule has 1 N–H and O–H groups in total. The van der Waals surface area contributed by atoms with Crippen LogP contribution >= 0.6 is 69.6 Å². The SMILES string of the molecule is Cc1ccc(C(C)C)c(O)c1.ClC(Cl)(Cl)C(Cl)(Cl)Cl. The van der Waals surface area contributed by atoms with Crippen molar-refractivity contribution in [3.05, 3.63) is 29.3 Å². The van der Waals surface area contributed by atoms with E-state index >= 15 is 0 Å². The van der Waals surface area contributed by atoms with Crippen molar-refractivity contribution in [2.24, 2.45) is 0 Å². The van der Waals surface area contributed by atoms with Gasteiger partial charge in [0.05, 0.1) is 0 Å². The Labute approximate surface area is 143 Å². The fourth-order valence-electron chi connectivity index (χ4n) is 1.14. The Kier molecular flexibility index (Phi) is 7.99. The molecule has 0 saturated heterocycles. The molecule has 0 atom stereocenters. The normalized spacial score (nSPS) is 12.1. The second-order valence-electron chi connectivity index (χ2n) is 4.21. The van der Waals surface area contributed by atoms with Crippen LogP contribution in [-0.2, 0) is 0 Å². The van der Waals surface area contributed by atoms with Crippen LogP contribution in [-0.4, -0.2) is 12.7 Å². The number of rotatable bonds is 1. The summed E-state index contributed by atoms with van der Waals surface area (Å²) in [4.78, 5) is 0. The van der Waals surface area contributed by atoms with Gasteiger partial charge in [-0.15, -0.1) is 0 Å². The van der Waals surface area contributed by atoms with Gasteiger partial charge in [0.2, 0.25) is 7.59 Å². The number of phenols is 1. The van der Waals surface area contributed by atoms with Gasteiger partial charge in [0.15, 0.2) is 0 Å². The maximum atomic E-state index is 9.46. The number of hydrogen-bond acceptors (Lipinski definition) is 1. The van der Waals surface area contributed by atoms with Crippen molar-refractivity contribution >= 4 is 69.6 Å². The Bertz CT molecular complexity index is 394. The van der Waals surface area contributed by atoms with Crippen LogP contribution in [0, 0.1) is 6.92 Å². The van der Waals surface area contributed by atoms with Gasteiger partial charge in [-0.3, -0.25) is 0 Å². The lowest BCUT2D eigenvalue weighted by molar-refractivity contribution is 0.464. The van der Waals surface area contributed by atoms with E-state index < -0.39 is 7.59 Å². The van der Waals surface area contributed by atoms with Crippen LogP contribution in [0.15, 0.2) is 18.2 Å². The van der Waals surface area contributed by atoms with Gasteiger partial charge in [0.25, 0.3) is 0 Å². The smallest absolute Gasteiger partial charge is 0.236 e. The Morgan fingerprint density at radius 1 is 0.947 bits per heavy atom. The molecule has 7 heteroatoms. The number of benzene rings is 1. The third kappa shape index (κ3) is 7.36. The van der Waals surface area contributed by atoms with Gasteiger partial charge in [-0.2, -0.15) is 0 Å². The lowest BCUT2D eigenvalue weighted by Crippen LogP contribution is -2.23. The molecule has 0 spiro atoms. The number of hydrogen-bond donors (Lipinski definition) is 1. The average Bonchev–Trinajstić information content (AvgIpc) is 2.13. The first-order valence-corrected chi connectivity index (χ1v) is 7.56. The van der Waals surface area contributed by atoms with Crippen LogP contribution < -0.4 is 0 Å². The van der Waals surface area contributed by atoms with Crippen LogP contribution in [0.5, 0.6) is 5.75 Å². The molecule has 1 aromatic rings. The molecule has 1 nitrogen and oxygen atoms in total. The summed E-state index contributed by atoms with van der Waals surface area (Å²) in [7, 11) is 0. The maximum Gasteiger partial charge on any atom is 0.236 e. The van der Waals surface area contributed by atoms with E-state index in [4.69, 9.17) is 69.6 Å². The van der Waals surface area contributed by atoms with E-state index in [1.807, 2.05) is 19.1 Å². The molecule has 110 valence electrons. The minimum absolute atomic E-state index is 0.399. The topological polar surface area (TPSA) is 20.2 Å². The van der Waals surface area contributed by atoms with Gasteiger partial charge in [-0.1, -0.05) is 95.6 Å². The summed E-state index contributed by atoms with van der Waals surface area (Å²) in [5.41, 5.74) is 2.13. The van der Waals surface area contributed by atoms with Gasteiger partial charge in [0, 0.05) is 0 Å². The predicted octanol–water partition coefficient (Wildman–Crippen LogP) is 6.55. The third-order valence-electron chi connectivity index (χ3n) is 2.13. The van der Waals surface area contributed by atoms with Crippen LogP contribution in [0.25, 0.3) is 0 Å². The monoisotopic (exact) mass is 384 g/mol. The minimum atomic E-state index is -1.85. The highest BCUT2D eigenvalue weighted by atomic mass is 35.6. The van der Waals surface area contributed by atoms with Crippen molar-refractivity contribution in [2.45, 2.75) is 34.3 Å². The largest absolute Gasteiger partial charge is 0.508 e. The van der Waals surface area contributed by atoms with E-state index in [1.54, 1.807) is 6.07 Å². The quantitative estimate of drug-likeness (QED) is 0.542. The highest BCUT2D eigenvalue weighted by Gasteiger charge is 2.43. The van der Waals surface area contributed by atoms with E-state index in [2.05, 4.69) is 13.8 Å². The van der Waals surface area contributed by atoms with E-state index in [9.17, 15) is 5.11 Å². The first-order chi connectivity index (χ1) is 8.36. The van der Waals surface area contributed by atoms with Crippen molar-refractivity contribution < 1.29 is 5.11 Å². The first kappa shape index (κ1) is 19.8. The Balaban J connectivity index is 0.000000362. The molecule has 0 fully saturated rings. The predicted molar refractivity (Wildman–Crippen MR) is 87.5 cm³/mol. The van der Waals surface area contributed by atoms with Crippen molar-refractivity contribution in [1.29, 1.82) is 0 Å². The highest BCUT2D eigenvalue weighted by molar-refractivity contribution is 6.83. The summed E-state index contributed by atoms with van der Waals surface area (Å²) in [6.45, 7) is 6.12. The van der Waals surface area contributed by atoms with Crippen LogP contribution in [0.2, 0.25) is 0 Å². The molecule has 1 aromatic carbocycles. The summed E-state index contributed by atoms with van der Waals surface area (Å²) in [5.74, 6) is 0.815. The van der Waals surface area contributed by atoms with Gasteiger partial charge in [0.1, 0.15) is 5.75 Å². The molecular weight excluding hydrogens is 373 g/mol. The lowest BCUT2D eigenvalue weighted by Gasteiger charge is -2.19. The third-order valence-corrected chi connectivity index (χ3v) is 4.70. The van der Waals surface area contributed by atoms with Crippen molar-refractivity contribution in [1.82, 2.24) is 0 Å². The lowest BCUT2D eigenvalue weighted by atomic mass is 10.0. The molecule has 19 heavy (non-hydrogen) atoms. The molecule has 1 rings (SSSR count). The Morgan fingerprint density at radius 2 is 1.37 bits per heavy atom. The molecule has 0 aliphatic heterocycles. The molecule has 0 saturated carbocycles. The molecular formula is C12H14Cl6O. The van der Waals surface area contributed by atoms with E-state index in [0.29, 0.717) is 11.7 Å². The summed E-state index contributed by atoms with van der Waals surface area (Å²) in [6.07, 6.45) is 0. The summed E-state index contributed by atoms with van der Waals surface area (Å²) >= 11 is 30.9. The number of aryl methyl sites for hydroxylation is 1. The average molecular weight is 387 g/mol. The fourth-order valence-corrected chi connectivity index (χ4v) is 1.14. The second-order valence-corrected chi connectivity index (χ2v) is 8.77. The Morgan fingerprint density at radius 3 is 1.63 bits per heavy atom. The zero-order chi connectivity index (χ0) is 15.4. The molecule has 0 radical (unpaired) electrons. The zero-order valence-electron chi connectivity index (χ0n) is 10.5. The number of alkyl halides is 6. The molecule has 0 aliphatic rings. The van der Waals surface area contributed by atoms with Crippen LogP contribution in [0.1, 0.15) is 30.9 Å². The van der Waals surface area contributed by atoms with Gasteiger partial charge < -0.3 is 5.11 Å². The van der Waals surface area contributed by atoms with Crippen molar-refractivity contribution in [2.75, 3.05) is 0 Å². The van der Waals surface area contributed by atoms with E-state index in [1.165, 1.54) is 0 Å². The van der Waals surface area contributed by atoms with Gasteiger partial charge >= 0.3 is 0 Å².